The summed E-state index contributed by atoms with van der Waals surface area (Å²) in [6, 6.07) is 8.70. The molecule has 1 amide bonds. The molecule has 3 heteroatoms. The van der Waals surface area contributed by atoms with E-state index in [1.807, 2.05) is 4.90 Å². The molecule has 0 aliphatic carbocycles. The third-order valence-electron chi connectivity index (χ3n) is 4.41. The zero-order chi connectivity index (χ0) is 15.4. The van der Waals surface area contributed by atoms with Gasteiger partial charge >= 0.3 is 0 Å². The van der Waals surface area contributed by atoms with Crippen LogP contribution in [0.1, 0.15) is 38.3 Å². The predicted molar refractivity (Wildman–Crippen MR) is 87.1 cm³/mol. The molecule has 1 aliphatic heterocycles. The number of amides is 1. The molecule has 1 aliphatic rings. The summed E-state index contributed by atoms with van der Waals surface area (Å²) in [4.78, 5) is 17.2. The maximum atomic E-state index is 12.8. The molecule has 0 spiro atoms. The maximum Gasteiger partial charge on any atom is 0.227 e. The second-order valence-corrected chi connectivity index (χ2v) is 6.43. The van der Waals surface area contributed by atoms with E-state index in [0.717, 1.165) is 32.6 Å². The van der Waals surface area contributed by atoms with Crippen LogP contribution >= 0.6 is 0 Å². The Labute approximate surface area is 128 Å². The minimum absolute atomic E-state index is 0.178. The van der Waals surface area contributed by atoms with Crippen LogP contribution in [0.4, 0.5) is 0 Å². The maximum absolute atomic E-state index is 12.8. The summed E-state index contributed by atoms with van der Waals surface area (Å²) < 4.78 is 0. The summed E-state index contributed by atoms with van der Waals surface area (Å²) in [6.45, 7) is 12.2. The van der Waals surface area contributed by atoms with Crippen molar-refractivity contribution in [1.29, 1.82) is 0 Å². The van der Waals surface area contributed by atoms with Gasteiger partial charge in [0.05, 0.1) is 5.92 Å². The van der Waals surface area contributed by atoms with E-state index in [2.05, 4.69) is 56.9 Å². The SMILES string of the molecule is CCN1CC[C@H](C(=O)N(Cc2cccc(C)c2)C(C)C)C1. The molecule has 0 aromatic heterocycles. The normalized spacial score (nSPS) is 19.2. The number of rotatable bonds is 5. The Morgan fingerprint density at radius 2 is 2.19 bits per heavy atom. The van der Waals surface area contributed by atoms with Crippen LogP contribution < -0.4 is 0 Å². The lowest BCUT2D eigenvalue weighted by Gasteiger charge is -2.29. The first-order chi connectivity index (χ1) is 10.0. The van der Waals surface area contributed by atoms with Crippen molar-refractivity contribution < 1.29 is 4.79 Å². The number of hydrogen-bond acceptors (Lipinski definition) is 2. The first kappa shape index (κ1) is 16.0. The molecule has 0 radical (unpaired) electrons. The van der Waals surface area contributed by atoms with Gasteiger partial charge in [-0.05, 0) is 45.8 Å². The monoisotopic (exact) mass is 288 g/mol. The number of carbonyl (C=O) groups is 1. The Morgan fingerprint density at radius 1 is 1.43 bits per heavy atom. The summed E-state index contributed by atoms with van der Waals surface area (Å²) in [5.41, 5.74) is 2.48. The van der Waals surface area contributed by atoms with E-state index in [-0.39, 0.29) is 12.0 Å². The number of aryl methyl sites for hydroxylation is 1. The zero-order valence-electron chi connectivity index (χ0n) is 13.8. The lowest BCUT2D eigenvalue weighted by molar-refractivity contribution is -0.137. The van der Waals surface area contributed by atoms with Gasteiger partial charge in [0.1, 0.15) is 0 Å². The van der Waals surface area contributed by atoms with Gasteiger partial charge in [-0.3, -0.25) is 4.79 Å². The molecule has 2 rings (SSSR count). The van der Waals surface area contributed by atoms with E-state index in [4.69, 9.17) is 0 Å². The predicted octanol–water partition coefficient (Wildman–Crippen LogP) is 3.07. The van der Waals surface area contributed by atoms with Crippen LogP contribution in [0.2, 0.25) is 0 Å². The van der Waals surface area contributed by atoms with E-state index in [1.165, 1.54) is 11.1 Å². The highest BCUT2D eigenvalue weighted by molar-refractivity contribution is 5.79. The Balaban J connectivity index is 2.06. The van der Waals surface area contributed by atoms with Gasteiger partial charge in [-0.25, -0.2) is 0 Å². The van der Waals surface area contributed by atoms with Crippen molar-refractivity contribution in [3.63, 3.8) is 0 Å². The molecule has 1 saturated heterocycles. The van der Waals surface area contributed by atoms with E-state index in [1.54, 1.807) is 0 Å². The van der Waals surface area contributed by atoms with Gasteiger partial charge in [0.25, 0.3) is 0 Å². The van der Waals surface area contributed by atoms with Crippen molar-refractivity contribution in [2.24, 2.45) is 5.92 Å². The summed E-state index contributed by atoms with van der Waals surface area (Å²) in [7, 11) is 0. The van der Waals surface area contributed by atoms with Crippen LogP contribution in [0, 0.1) is 12.8 Å². The van der Waals surface area contributed by atoms with E-state index < -0.39 is 0 Å². The fraction of sp³-hybridized carbons (Fsp3) is 0.611. The Hall–Kier alpha value is -1.35. The van der Waals surface area contributed by atoms with Crippen molar-refractivity contribution in [2.75, 3.05) is 19.6 Å². The molecule has 1 heterocycles. The van der Waals surface area contributed by atoms with Gasteiger partial charge < -0.3 is 9.80 Å². The molecule has 21 heavy (non-hydrogen) atoms. The molecular formula is C18H28N2O. The zero-order valence-corrected chi connectivity index (χ0v) is 13.8. The molecule has 0 unspecified atom stereocenters. The summed E-state index contributed by atoms with van der Waals surface area (Å²) in [5.74, 6) is 0.500. The fourth-order valence-corrected chi connectivity index (χ4v) is 3.08. The van der Waals surface area contributed by atoms with Crippen molar-refractivity contribution in [3.05, 3.63) is 35.4 Å². The van der Waals surface area contributed by atoms with Gasteiger partial charge in [0.2, 0.25) is 5.91 Å². The molecule has 0 saturated carbocycles. The first-order valence-corrected chi connectivity index (χ1v) is 8.09. The molecule has 3 nitrogen and oxygen atoms in total. The lowest BCUT2D eigenvalue weighted by atomic mass is 10.0. The number of benzene rings is 1. The van der Waals surface area contributed by atoms with Crippen molar-refractivity contribution in [2.45, 2.75) is 46.7 Å². The van der Waals surface area contributed by atoms with Crippen LogP contribution in [0.5, 0.6) is 0 Å². The highest BCUT2D eigenvalue weighted by Crippen LogP contribution is 2.21. The smallest absolute Gasteiger partial charge is 0.227 e. The molecule has 1 aromatic carbocycles. The Bertz CT molecular complexity index is 484. The van der Waals surface area contributed by atoms with Crippen LogP contribution in [0.25, 0.3) is 0 Å². The average Bonchev–Trinajstić information content (AvgIpc) is 2.93. The molecule has 0 N–H and O–H groups in total. The molecule has 0 bridgehead atoms. The minimum Gasteiger partial charge on any atom is -0.336 e. The number of nitrogens with zero attached hydrogens (tertiary/aromatic N) is 2. The highest BCUT2D eigenvalue weighted by Gasteiger charge is 2.31. The molecule has 1 atom stereocenters. The van der Waals surface area contributed by atoms with Gasteiger partial charge in [0.15, 0.2) is 0 Å². The van der Waals surface area contributed by atoms with E-state index >= 15 is 0 Å². The summed E-state index contributed by atoms with van der Waals surface area (Å²) in [5, 5.41) is 0. The number of carbonyl (C=O) groups excluding carboxylic acids is 1. The van der Waals surface area contributed by atoms with Crippen molar-refractivity contribution in [1.82, 2.24) is 9.80 Å². The number of likely N-dealkylation sites (tertiary alicyclic amines) is 1. The second kappa shape index (κ2) is 7.08. The van der Waals surface area contributed by atoms with Crippen molar-refractivity contribution in [3.8, 4) is 0 Å². The molecular weight excluding hydrogens is 260 g/mol. The standard InChI is InChI=1S/C18H28N2O/c1-5-19-10-9-17(13-19)18(21)20(14(2)3)12-16-8-6-7-15(4)11-16/h6-8,11,14,17H,5,9-10,12-13H2,1-4H3/t17-/m0/s1. The quantitative estimate of drug-likeness (QED) is 0.831. The van der Waals surface area contributed by atoms with Crippen LogP contribution in [-0.2, 0) is 11.3 Å². The van der Waals surface area contributed by atoms with Crippen LogP contribution in [0.3, 0.4) is 0 Å². The van der Waals surface area contributed by atoms with Crippen LogP contribution in [-0.4, -0.2) is 41.4 Å². The van der Waals surface area contributed by atoms with Gasteiger partial charge in [-0.15, -0.1) is 0 Å². The summed E-state index contributed by atoms with van der Waals surface area (Å²) >= 11 is 0. The third kappa shape index (κ3) is 4.07. The third-order valence-corrected chi connectivity index (χ3v) is 4.41. The van der Waals surface area contributed by atoms with Gasteiger partial charge in [-0.1, -0.05) is 36.8 Å². The first-order valence-electron chi connectivity index (χ1n) is 8.09. The van der Waals surface area contributed by atoms with E-state index in [9.17, 15) is 4.79 Å². The average molecular weight is 288 g/mol. The molecule has 1 aromatic rings. The lowest BCUT2D eigenvalue weighted by Crippen LogP contribution is -2.41. The Kier molecular flexibility index (Phi) is 5.40. The Morgan fingerprint density at radius 3 is 2.76 bits per heavy atom. The van der Waals surface area contributed by atoms with E-state index in [0.29, 0.717) is 5.91 Å². The van der Waals surface area contributed by atoms with Gasteiger partial charge in [0, 0.05) is 19.1 Å². The second-order valence-electron chi connectivity index (χ2n) is 6.43. The molecule has 116 valence electrons. The minimum atomic E-state index is 0.178. The summed E-state index contributed by atoms with van der Waals surface area (Å²) in [6.07, 6.45) is 1.00. The molecule has 1 fully saturated rings. The number of hydrogen-bond donors (Lipinski definition) is 0. The van der Waals surface area contributed by atoms with Crippen LogP contribution in [0.15, 0.2) is 24.3 Å². The van der Waals surface area contributed by atoms with Crippen molar-refractivity contribution >= 4 is 5.91 Å². The largest absolute Gasteiger partial charge is 0.336 e. The topological polar surface area (TPSA) is 23.6 Å². The fourth-order valence-electron chi connectivity index (χ4n) is 3.08. The van der Waals surface area contributed by atoms with Gasteiger partial charge in [-0.2, -0.15) is 0 Å². The highest BCUT2D eigenvalue weighted by atomic mass is 16.2.